The van der Waals surface area contributed by atoms with E-state index in [0.29, 0.717) is 0 Å². The van der Waals surface area contributed by atoms with Gasteiger partial charge in [-0.25, -0.2) is 0 Å². The third kappa shape index (κ3) is 3.00. The Kier molecular flexibility index (Phi) is 3.96. The Morgan fingerprint density at radius 1 is 1.64 bits per heavy atom. The molecule has 0 bridgehead atoms. The number of hydrogen-bond acceptors (Lipinski definition) is 2. The van der Waals surface area contributed by atoms with Crippen molar-refractivity contribution in [1.29, 1.82) is 0 Å². The van der Waals surface area contributed by atoms with Crippen molar-refractivity contribution in [2.45, 2.75) is 39.7 Å². The second-order valence-electron chi connectivity index (χ2n) is 4.44. The average Bonchev–Trinajstić information content (AvgIpc) is 2.15. The lowest BCUT2D eigenvalue weighted by Crippen LogP contribution is -2.38. The smallest absolute Gasteiger partial charge is 0.423 e. The van der Waals surface area contributed by atoms with E-state index in [9.17, 15) is 5.02 Å². The van der Waals surface area contributed by atoms with Crippen molar-refractivity contribution in [2.24, 2.45) is 5.41 Å². The fraction of sp³-hybridized carbons (Fsp3) is 0.636. The number of allylic oxidation sites excluding steroid dienone is 2. The fourth-order valence-electron chi connectivity index (χ4n) is 1.64. The molecule has 0 aromatic rings. The van der Waals surface area contributed by atoms with Crippen LogP contribution in [0.5, 0.6) is 0 Å². The summed E-state index contributed by atoms with van der Waals surface area (Å²) in [6.07, 6.45) is 8.18. The van der Waals surface area contributed by atoms with E-state index < -0.39 is 7.12 Å². The van der Waals surface area contributed by atoms with Gasteiger partial charge in [-0.05, 0) is 25.2 Å². The van der Waals surface area contributed by atoms with E-state index in [0.717, 1.165) is 12.8 Å². The van der Waals surface area contributed by atoms with Crippen molar-refractivity contribution in [2.75, 3.05) is 0 Å². The molecule has 1 atom stereocenters. The summed E-state index contributed by atoms with van der Waals surface area (Å²) >= 11 is 0. The Morgan fingerprint density at radius 2 is 2.36 bits per heavy atom. The van der Waals surface area contributed by atoms with Crippen LogP contribution in [0.3, 0.4) is 0 Å². The summed E-state index contributed by atoms with van der Waals surface area (Å²) < 4.78 is 5.48. The molecular formula is C11H19BO2. The first-order valence-electron chi connectivity index (χ1n) is 5.17. The molecule has 2 nitrogen and oxygen atoms in total. The molecule has 1 heterocycles. The topological polar surface area (TPSA) is 29.5 Å². The summed E-state index contributed by atoms with van der Waals surface area (Å²) in [7, 11) is -0.723. The molecule has 0 spiro atoms. The van der Waals surface area contributed by atoms with E-state index in [1.807, 2.05) is 13.0 Å². The highest BCUT2D eigenvalue weighted by Crippen LogP contribution is 2.32. The van der Waals surface area contributed by atoms with Crippen molar-refractivity contribution in [3.05, 3.63) is 24.2 Å². The van der Waals surface area contributed by atoms with Crippen LogP contribution in [0.1, 0.15) is 33.6 Å². The molecule has 0 saturated heterocycles. The number of rotatable bonds is 3. The highest BCUT2D eigenvalue weighted by atomic mass is 16.5. The Hall–Kier alpha value is -0.535. The molecule has 1 rings (SSSR count). The molecule has 0 aliphatic carbocycles. The zero-order chi connectivity index (χ0) is 10.6. The second kappa shape index (κ2) is 4.81. The maximum Gasteiger partial charge on any atom is 0.483 e. The molecule has 0 radical (unpaired) electrons. The van der Waals surface area contributed by atoms with Gasteiger partial charge in [0.15, 0.2) is 0 Å². The summed E-state index contributed by atoms with van der Waals surface area (Å²) in [4.78, 5) is 0. The molecule has 14 heavy (non-hydrogen) atoms. The molecule has 78 valence electrons. The van der Waals surface area contributed by atoms with Crippen LogP contribution in [0.2, 0.25) is 0 Å². The predicted octanol–water partition coefficient (Wildman–Crippen LogP) is 2.34. The molecule has 0 saturated carbocycles. The molecule has 0 amide bonds. The van der Waals surface area contributed by atoms with E-state index >= 15 is 0 Å². The van der Waals surface area contributed by atoms with E-state index in [-0.39, 0.29) is 11.5 Å². The first kappa shape index (κ1) is 11.5. The van der Waals surface area contributed by atoms with Gasteiger partial charge in [0, 0.05) is 0 Å². The molecule has 1 aliphatic rings. The van der Waals surface area contributed by atoms with Gasteiger partial charge >= 0.3 is 7.12 Å². The van der Waals surface area contributed by atoms with Crippen LogP contribution >= 0.6 is 0 Å². The highest BCUT2D eigenvalue weighted by Gasteiger charge is 2.32. The van der Waals surface area contributed by atoms with E-state index in [1.165, 1.54) is 0 Å². The fourth-order valence-corrected chi connectivity index (χ4v) is 1.64. The molecule has 1 aliphatic heterocycles. The van der Waals surface area contributed by atoms with Crippen molar-refractivity contribution in [3.63, 3.8) is 0 Å². The maximum atomic E-state index is 9.34. The molecule has 0 aromatic heterocycles. The Labute approximate surface area is 86.8 Å². The van der Waals surface area contributed by atoms with Crippen LogP contribution in [0.4, 0.5) is 0 Å². The van der Waals surface area contributed by atoms with E-state index in [4.69, 9.17) is 4.65 Å². The summed E-state index contributed by atoms with van der Waals surface area (Å²) in [6.45, 7) is 6.36. The summed E-state index contributed by atoms with van der Waals surface area (Å²) in [6, 6.07) is 0. The second-order valence-corrected chi connectivity index (χ2v) is 4.44. The van der Waals surface area contributed by atoms with Gasteiger partial charge in [0.25, 0.3) is 0 Å². The summed E-state index contributed by atoms with van der Waals surface area (Å²) in [5, 5.41) is 9.34. The average molecular weight is 194 g/mol. The van der Waals surface area contributed by atoms with Crippen LogP contribution in [0.25, 0.3) is 0 Å². The summed E-state index contributed by atoms with van der Waals surface area (Å²) in [5.41, 5.74) is 0.0816. The van der Waals surface area contributed by atoms with Crippen molar-refractivity contribution >= 4 is 7.12 Å². The SMILES string of the molecule is C/C=C/CC(C)(C)C1CC=CB(O)O1. The Morgan fingerprint density at radius 3 is 2.93 bits per heavy atom. The quantitative estimate of drug-likeness (QED) is 0.551. The van der Waals surface area contributed by atoms with Gasteiger partial charge in [-0.2, -0.15) is 0 Å². The van der Waals surface area contributed by atoms with Gasteiger partial charge in [0.1, 0.15) is 0 Å². The van der Waals surface area contributed by atoms with Gasteiger partial charge in [0.2, 0.25) is 0 Å². The lowest BCUT2D eigenvalue weighted by molar-refractivity contribution is 0.0574. The predicted molar refractivity (Wildman–Crippen MR) is 59.8 cm³/mol. The number of hydrogen-bond donors (Lipinski definition) is 1. The van der Waals surface area contributed by atoms with Crippen LogP contribution in [-0.2, 0) is 4.65 Å². The zero-order valence-corrected chi connectivity index (χ0v) is 9.23. The van der Waals surface area contributed by atoms with Gasteiger partial charge in [-0.3, -0.25) is 0 Å². The molecule has 1 N–H and O–H groups in total. The van der Waals surface area contributed by atoms with Crippen molar-refractivity contribution in [1.82, 2.24) is 0 Å². The third-order valence-electron chi connectivity index (χ3n) is 2.71. The van der Waals surface area contributed by atoms with Gasteiger partial charge in [-0.1, -0.05) is 38.1 Å². The minimum atomic E-state index is -0.723. The van der Waals surface area contributed by atoms with Crippen LogP contribution in [0.15, 0.2) is 24.2 Å². The Bertz CT molecular complexity index is 233. The van der Waals surface area contributed by atoms with Gasteiger partial charge in [0.05, 0.1) is 6.10 Å². The largest absolute Gasteiger partial charge is 0.483 e. The monoisotopic (exact) mass is 194 g/mol. The Balaban J connectivity index is 2.58. The minimum Gasteiger partial charge on any atom is -0.423 e. The zero-order valence-electron chi connectivity index (χ0n) is 9.23. The molecule has 1 unspecified atom stereocenters. The lowest BCUT2D eigenvalue weighted by Gasteiger charge is -2.35. The molecular weight excluding hydrogens is 175 g/mol. The summed E-state index contributed by atoms with van der Waals surface area (Å²) in [5.74, 6) is 1.70. The lowest BCUT2D eigenvalue weighted by atomic mass is 9.76. The molecule has 3 heteroatoms. The van der Waals surface area contributed by atoms with Gasteiger partial charge < -0.3 is 9.68 Å². The van der Waals surface area contributed by atoms with Crippen molar-refractivity contribution < 1.29 is 9.68 Å². The third-order valence-corrected chi connectivity index (χ3v) is 2.71. The molecule has 0 fully saturated rings. The first-order valence-corrected chi connectivity index (χ1v) is 5.17. The molecule has 0 aromatic carbocycles. The van der Waals surface area contributed by atoms with E-state index in [2.05, 4.69) is 26.0 Å². The van der Waals surface area contributed by atoms with Crippen LogP contribution < -0.4 is 0 Å². The van der Waals surface area contributed by atoms with E-state index in [1.54, 1.807) is 5.98 Å². The van der Waals surface area contributed by atoms with Crippen LogP contribution in [0, 0.1) is 5.41 Å². The first-order chi connectivity index (χ1) is 6.56. The standard InChI is InChI=1S/C11H19BO2/c1-4-5-8-11(2,3)10-7-6-9-12(13)14-10/h4-6,9-10,13H,7-8H2,1-3H3/b5-4+. The van der Waals surface area contributed by atoms with Crippen molar-refractivity contribution in [3.8, 4) is 0 Å². The highest BCUT2D eigenvalue weighted by molar-refractivity contribution is 6.49. The maximum absolute atomic E-state index is 9.34. The minimum absolute atomic E-state index is 0.0816. The normalized spacial score (nSPS) is 23.4. The van der Waals surface area contributed by atoms with Gasteiger partial charge in [-0.15, -0.1) is 0 Å². The van der Waals surface area contributed by atoms with Crippen LogP contribution in [-0.4, -0.2) is 18.2 Å².